The van der Waals surface area contributed by atoms with Crippen molar-refractivity contribution < 1.29 is 14.8 Å². The molecule has 0 aliphatic heterocycles. The smallest absolute Gasteiger partial charge is 0.336 e. The zero-order valence-corrected chi connectivity index (χ0v) is 9.48. The Balaban J connectivity index is 2.52. The molecule has 0 radical (unpaired) electrons. The molecule has 0 saturated heterocycles. The number of hydrogen-bond acceptors (Lipinski definition) is 4. The largest absolute Gasteiger partial charge is 0.478 e. The first-order valence-corrected chi connectivity index (χ1v) is 5.36. The summed E-state index contributed by atoms with van der Waals surface area (Å²) in [6, 6.07) is 7.60. The summed E-state index contributed by atoms with van der Waals surface area (Å²) in [5, 5.41) is 20.0. The van der Waals surface area contributed by atoms with E-state index in [-0.39, 0.29) is 16.8 Å². The Morgan fingerprint density at radius 3 is 2.84 bits per heavy atom. The van der Waals surface area contributed by atoms with Crippen LogP contribution in [0.3, 0.4) is 0 Å². The Bertz CT molecular complexity index is 837. The number of pyridine rings is 1. The molecule has 7 nitrogen and oxygen atoms in total. The van der Waals surface area contributed by atoms with Crippen molar-refractivity contribution in [3.63, 3.8) is 0 Å². The molecular weight excluding hydrogens is 250 g/mol. The number of non-ortho nitro benzene ring substituents is 1. The predicted molar refractivity (Wildman–Crippen MR) is 66.3 cm³/mol. The summed E-state index contributed by atoms with van der Waals surface area (Å²) in [5.41, 5.74) is 0.676. The first kappa shape index (κ1) is 11.1. The molecule has 0 fully saturated rings. The first-order chi connectivity index (χ1) is 9.08. The van der Waals surface area contributed by atoms with Crippen LogP contribution >= 0.6 is 0 Å². The molecule has 0 amide bonds. The maximum Gasteiger partial charge on any atom is 0.336 e. The lowest BCUT2D eigenvalue weighted by Gasteiger charge is -1.98. The second-order valence-corrected chi connectivity index (χ2v) is 3.97. The highest BCUT2D eigenvalue weighted by molar-refractivity contribution is 5.97. The lowest BCUT2D eigenvalue weighted by atomic mass is 10.1. The molecule has 1 aromatic carbocycles. The number of carboxylic acid groups (broad SMARTS) is 1. The predicted octanol–water partition coefficient (Wildman–Crippen LogP) is 2.09. The normalized spacial score (nSPS) is 10.9. The van der Waals surface area contributed by atoms with E-state index in [4.69, 9.17) is 5.11 Å². The van der Waals surface area contributed by atoms with E-state index in [9.17, 15) is 14.9 Å². The lowest BCUT2D eigenvalue weighted by Crippen LogP contribution is -1.99. The lowest BCUT2D eigenvalue weighted by molar-refractivity contribution is -0.383. The van der Waals surface area contributed by atoms with Gasteiger partial charge in [-0.2, -0.15) is 0 Å². The number of carboxylic acids is 1. The van der Waals surface area contributed by atoms with Crippen LogP contribution in [0, 0.1) is 10.1 Å². The fourth-order valence-corrected chi connectivity index (χ4v) is 2.01. The van der Waals surface area contributed by atoms with Crippen molar-refractivity contribution in [3.05, 3.63) is 52.2 Å². The molecular formula is C12H7N3O4. The fraction of sp³-hybridized carbons (Fsp3) is 0. The van der Waals surface area contributed by atoms with E-state index in [2.05, 4.69) is 4.98 Å². The molecule has 7 heteroatoms. The zero-order chi connectivity index (χ0) is 13.6. The van der Waals surface area contributed by atoms with Gasteiger partial charge in [0.2, 0.25) is 0 Å². The molecule has 19 heavy (non-hydrogen) atoms. The average molecular weight is 257 g/mol. The van der Waals surface area contributed by atoms with Crippen molar-refractivity contribution >= 4 is 28.3 Å². The van der Waals surface area contributed by atoms with E-state index >= 15 is 0 Å². The number of rotatable bonds is 2. The van der Waals surface area contributed by atoms with Gasteiger partial charge in [0.05, 0.1) is 16.0 Å². The summed E-state index contributed by atoms with van der Waals surface area (Å²) in [6.07, 6.45) is 1.68. The number of nitro groups is 1. The maximum absolute atomic E-state index is 11.0. The van der Waals surface area contributed by atoms with Crippen LogP contribution < -0.4 is 0 Å². The Kier molecular flexibility index (Phi) is 2.21. The number of aromatic nitrogens is 2. The molecule has 0 bridgehead atoms. The van der Waals surface area contributed by atoms with Crippen molar-refractivity contribution in [2.75, 3.05) is 0 Å². The van der Waals surface area contributed by atoms with Crippen LogP contribution in [-0.4, -0.2) is 25.4 Å². The number of nitrogens with zero attached hydrogens (tertiary/aromatic N) is 3. The number of hydrogen-bond donors (Lipinski definition) is 1. The van der Waals surface area contributed by atoms with E-state index < -0.39 is 10.9 Å². The van der Waals surface area contributed by atoms with Crippen LogP contribution in [0.4, 0.5) is 5.69 Å². The molecule has 2 heterocycles. The Labute approximate surface area is 105 Å². The summed E-state index contributed by atoms with van der Waals surface area (Å²) in [4.78, 5) is 25.6. The van der Waals surface area contributed by atoms with Gasteiger partial charge >= 0.3 is 5.97 Å². The highest BCUT2D eigenvalue weighted by Crippen LogP contribution is 2.27. The fourth-order valence-electron chi connectivity index (χ4n) is 2.01. The van der Waals surface area contributed by atoms with Crippen LogP contribution in [0.1, 0.15) is 10.4 Å². The van der Waals surface area contributed by atoms with Crippen molar-refractivity contribution in [2.24, 2.45) is 0 Å². The molecule has 0 aliphatic rings. The Morgan fingerprint density at radius 2 is 2.16 bits per heavy atom. The molecule has 0 saturated carbocycles. The van der Waals surface area contributed by atoms with Gasteiger partial charge in [-0.3, -0.25) is 14.5 Å². The molecule has 3 rings (SSSR count). The molecule has 1 N–H and O–H groups in total. The molecule has 0 unspecified atom stereocenters. The van der Waals surface area contributed by atoms with Gasteiger partial charge in [-0.15, -0.1) is 0 Å². The second-order valence-electron chi connectivity index (χ2n) is 3.97. The van der Waals surface area contributed by atoms with E-state index in [1.807, 2.05) is 0 Å². The Hall–Kier alpha value is -2.96. The van der Waals surface area contributed by atoms with Crippen LogP contribution in [0.25, 0.3) is 16.7 Å². The van der Waals surface area contributed by atoms with Crippen LogP contribution in [0.2, 0.25) is 0 Å². The van der Waals surface area contributed by atoms with Crippen LogP contribution in [-0.2, 0) is 0 Å². The third-order valence-corrected chi connectivity index (χ3v) is 2.84. The summed E-state index contributed by atoms with van der Waals surface area (Å²) >= 11 is 0. The summed E-state index contributed by atoms with van der Waals surface area (Å²) in [7, 11) is 0. The second kappa shape index (κ2) is 3.77. The standard InChI is InChI=1S/C12H7N3O4/c16-12(17)7-5-8-11(9(6-7)15(18)19)13-10-3-1-2-4-14(8)10/h1-6H,(H,16,17). The van der Waals surface area contributed by atoms with Gasteiger partial charge in [0.25, 0.3) is 5.69 Å². The zero-order valence-electron chi connectivity index (χ0n) is 9.48. The quantitative estimate of drug-likeness (QED) is 0.560. The number of fused-ring (bicyclic) bond motifs is 3. The first-order valence-electron chi connectivity index (χ1n) is 5.36. The topological polar surface area (TPSA) is 97.7 Å². The number of aromatic carboxylic acids is 1. The van der Waals surface area contributed by atoms with Gasteiger partial charge in [0, 0.05) is 12.3 Å². The van der Waals surface area contributed by atoms with Crippen molar-refractivity contribution in [1.82, 2.24) is 9.38 Å². The SMILES string of the molecule is O=C(O)c1cc([N+](=O)[O-])c2nc3ccccn3c2c1. The summed E-state index contributed by atoms with van der Waals surface area (Å²) in [6.45, 7) is 0. The van der Waals surface area contributed by atoms with E-state index in [1.165, 1.54) is 6.07 Å². The van der Waals surface area contributed by atoms with Gasteiger partial charge in [0.1, 0.15) is 5.65 Å². The van der Waals surface area contributed by atoms with E-state index in [0.717, 1.165) is 6.07 Å². The van der Waals surface area contributed by atoms with Gasteiger partial charge in [0.15, 0.2) is 5.52 Å². The van der Waals surface area contributed by atoms with Crippen LogP contribution in [0.15, 0.2) is 36.5 Å². The highest BCUT2D eigenvalue weighted by Gasteiger charge is 2.20. The van der Waals surface area contributed by atoms with E-state index in [0.29, 0.717) is 11.2 Å². The minimum absolute atomic E-state index is 0.134. The number of imidazole rings is 1. The number of benzene rings is 1. The minimum atomic E-state index is -1.21. The molecule has 2 aromatic heterocycles. The van der Waals surface area contributed by atoms with E-state index in [1.54, 1.807) is 28.8 Å². The maximum atomic E-state index is 11.0. The van der Waals surface area contributed by atoms with Crippen molar-refractivity contribution in [2.45, 2.75) is 0 Å². The van der Waals surface area contributed by atoms with Gasteiger partial charge in [-0.1, -0.05) is 6.07 Å². The van der Waals surface area contributed by atoms with Crippen molar-refractivity contribution in [1.29, 1.82) is 0 Å². The molecule has 0 atom stereocenters. The van der Waals surface area contributed by atoms with Crippen molar-refractivity contribution in [3.8, 4) is 0 Å². The molecule has 3 aromatic rings. The van der Waals surface area contributed by atoms with Crippen LogP contribution in [0.5, 0.6) is 0 Å². The summed E-state index contributed by atoms with van der Waals surface area (Å²) in [5.74, 6) is -1.21. The monoisotopic (exact) mass is 257 g/mol. The third kappa shape index (κ3) is 1.60. The van der Waals surface area contributed by atoms with Gasteiger partial charge in [-0.25, -0.2) is 9.78 Å². The third-order valence-electron chi connectivity index (χ3n) is 2.84. The molecule has 94 valence electrons. The van der Waals surface area contributed by atoms with Gasteiger partial charge < -0.3 is 5.11 Å². The number of carbonyl (C=O) groups is 1. The number of nitro benzene ring substituents is 1. The average Bonchev–Trinajstić information content (AvgIpc) is 2.75. The minimum Gasteiger partial charge on any atom is -0.478 e. The van der Waals surface area contributed by atoms with Gasteiger partial charge in [-0.05, 0) is 18.2 Å². The summed E-state index contributed by atoms with van der Waals surface area (Å²) < 4.78 is 1.62. The highest BCUT2D eigenvalue weighted by atomic mass is 16.6. The molecule has 0 aliphatic carbocycles. The Morgan fingerprint density at radius 1 is 1.37 bits per heavy atom. The molecule has 0 spiro atoms.